The fourth-order valence-corrected chi connectivity index (χ4v) is 2.89. The van der Waals surface area contributed by atoms with Crippen LogP contribution in [0.15, 0.2) is 0 Å². The van der Waals surface area contributed by atoms with E-state index < -0.39 is 0 Å². The van der Waals surface area contributed by atoms with Crippen LogP contribution < -0.4 is 0 Å². The van der Waals surface area contributed by atoms with Crippen molar-refractivity contribution >= 4 is 0 Å². The van der Waals surface area contributed by atoms with Gasteiger partial charge in [-0.05, 0) is 6.42 Å². The van der Waals surface area contributed by atoms with Crippen LogP contribution in [-0.2, 0) is 4.74 Å². The minimum Gasteiger partial charge on any atom is -0.395 e. The van der Waals surface area contributed by atoms with Crippen LogP contribution in [0.1, 0.15) is 64.7 Å². The van der Waals surface area contributed by atoms with Crippen LogP contribution in [0, 0.1) is 0 Å². The Bertz CT molecular complexity index is 197. The second kappa shape index (κ2) is 11.7. The third-order valence-electron chi connectivity index (χ3n) is 4.13. The number of hydrogen-bond donors (Lipinski definition) is 1. The summed E-state index contributed by atoms with van der Waals surface area (Å²) in [5.74, 6) is 0. The Kier molecular flexibility index (Phi) is 10.4. The first-order valence-electron chi connectivity index (χ1n) is 8.31. The number of rotatable bonds is 11. The molecule has 1 aliphatic heterocycles. The van der Waals surface area contributed by atoms with Crippen molar-refractivity contribution in [3.8, 4) is 0 Å². The summed E-state index contributed by atoms with van der Waals surface area (Å²) in [7, 11) is 0. The van der Waals surface area contributed by atoms with Crippen molar-refractivity contribution < 1.29 is 9.84 Å². The lowest BCUT2D eigenvalue weighted by atomic mass is 10.0. The van der Waals surface area contributed by atoms with Gasteiger partial charge in [-0.2, -0.15) is 0 Å². The first kappa shape index (κ1) is 16.9. The fraction of sp³-hybridized carbons (Fsp3) is 1.00. The molecule has 1 N–H and O–H groups in total. The van der Waals surface area contributed by atoms with Gasteiger partial charge < -0.3 is 9.84 Å². The lowest BCUT2D eigenvalue weighted by Crippen LogP contribution is -2.46. The molecule has 0 aromatic heterocycles. The maximum atomic E-state index is 9.07. The topological polar surface area (TPSA) is 32.7 Å². The van der Waals surface area contributed by atoms with Gasteiger partial charge in [0.15, 0.2) is 0 Å². The van der Waals surface area contributed by atoms with Gasteiger partial charge in [0, 0.05) is 19.1 Å². The second-order valence-electron chi connectivity index (χ2n) is 5.75. The highest BCUT2D eigenvalue weighted by molar-refractivity contribution is 4.75. The summed E-state index contributed by atoms with van der Waals surface area (Å²) >= 11 is 0. The molecule has 0 bridgehead atoms. The highest BCUT2D eigenvalue weighted by Crippen LogP contribution is 2.15. The molecule has 1 saturated heterocycles. The van der Waals surface area contributed by atoms with Crippen molar-refractivity contribution in [2.75, 3.05) is 32.9 Å². The van der Waals surface area contributed by atoms with Crippen LogP contribution >= 0.6 is 0 Å². The van der Waals surface area contributed by atoms with E-state index in [1.54, 1.807) is 0 Å². The van der Waals surface area contributed by atoms with E-state index in [0.29, 0.717) is 6.04 Å². The summed E-state index contributed by atoms with van der Waals surface area (Å²) in [4.78, 5) is 2.39. The van der Waals surface area contributed by atoms with Crippen LogP contribution in [-0.4, -0.2) is 49.0 Å². The van der Waals surface area contributed by atoms with E-state index in [-0.39, 0.29) is 6.61 Å². The van der Waals surface area contributed by atoms with Crippen molar-refractivity contribution in [2.24, 2.45) is 0 Å². The molecule has 1 rings (SSSR count). The predicted octanol–water partition coefficient (Wildman–Crippen LogP) is 3.21. The Morgan fingerprint density at radius 1 is 1.05 bits per heavy atom. The zero-order valence-electron chi connectivity index (χ0n) is 12.8. The second-order valence-corrected chi connectivity index (χ2v) is 5.75. The zero-order chi connectivity index (χ0) is 13.8. The number of aliphatic hydroxyl groups excluding tert-OH is 1. The summed E-state index contributed by atoms with van der Waals surface area (Å²) in [6.45, 7) is 6.02. The van der Waals surface area contributed by atoms with Gasteiger partial charge in [-0.3, -0.25) is 4.90 Å². The summed E-state index contributed by atoms with van der Waals surface area (Å²) in [6.07, 6.45) is 12.2. The molecular formula is C16H33NO2. The van der Waals surface area contributed by atoms with E-state index in [1.165, 1.54) is 57.8 Å². The van der Waals surface area contributed by atoms with Gasteiger partial charge in [0.05, 0.1) is 19.8 Å². The van der Waals surface area contributed by atoms with Crippen molar-refractivity contribution in [1.29, 1.82) is 0 Å². The standard InChI is InChI=1S/C16H33NO2/c1-2-3-4-5-6-7-8-9-10-16-15-19-14-12-17(16)11-13-18/h16,18H,2-15H2,1H3. The van der Waals surface area contributed by atoms with E-state index >= 15 is 0 Å². The Balaban J connectivity index is 1.97. The number of β-amino-alcohol motifs (C(OH)–C–C–N with tert-alkyl or cyclic N) is 1. The maximum Gasteiger partial charge on any atom is 0.0622 e. The van der Waals surface area contributed by atoms with Gasteiger partial charge in [-0.1, -0.05) is 58.3 Å². The van der Waals surface area contributed by atoms with Gasteiger partial charge in [-0.15, -0.1) is 0 Å². The molecule has 1 atom stereocenters. The van der Waals surface area contributed by atoms with Gasteiger partial charge in [0.1, 0.15) is 0 Å². The van der Waals surface area contributed by atoms with Gasteiger partial charge >= 0.3 is 0 Å². The molecule has 3 nitrogen and oxygen atoms in total. The molecule has 1 aliphatic rings. The van der Waals surface area contributed by atoms with Crippen molar-refractivity contribution in [2.45, 2.75) is 70.8 Å². The van der Waals surface area contributed by atoms with Gasteiger partial charge in [0.25, 0.3) is 0 Å². The summed E-state index contributed by atoms with van der Waals surface area (Å²) < 4.78 is 5.56. The number of aliphatic hydroxyl groups is 1. The van der Waals surface area contributed by atoms with Gasteiger partial charge in [-0.25, -0.2) is 0 Å². The van der Waals surface area contributed by atoms with Crippen molar-refractivity contribution in [3.05, 3.63) is 0 Å². The summed E-state index contributed by atoms with van der Waals surface area (Å²) in [5, 5.41) is 9.07. The lowest BCUT2D eigenvalue weighted by molar-refractivity contribution is -0.0171. The van der Waals surface area contributed by atoms with E-state index in [0.717, 1.165) is 26.3 Å². The third kappa shape index (κ3) is 7.91. The molecule has 1 heterocycles. The molecule has 0 saturated carbocycles. The Morgan fingerprint density at radius 3 is 2.42 bits per heavy atom. The Labute approximate surface area is 119 Å². The first-order chi connectivity index (χ1) is 9.38. The molecule has 1 fully saturated rings. The number of unbranched alkanes of at least 4 members (excludes halogenated alkanes) is 7. The average Bonchev–Trinajstić information content (AvgIpc) is 2.44. The van der Waals surface area contributed by atoms with E-state index in [1.807, 2.05) is 0 Å². The minimum atomic E-state index is 0.272. The van der Waals surface area contributed by atoms with E-state index in [9.17, 15) is 0 Å². The normalized spacial score (nSPS) is 20.8. The largest absolute Gasteiger partial charge is 0.395 e. The van der Waals surface area contributed by atoms with Crippen molar-refractivity contribution in [3.63, 3.8) is 0 Å². The predicted molar refractivity (Wildman–Crippen MR) is 80.5 cm³/mol. The number of ether oxygens (including phenoxy) is 1. The highest BCUT2D eigenvalue weighted by Gasteiger charge is 2.21. The van der Waals surface area contributed by atoms with Crippen LogP contribution in [0.2, 0.25) is 0 Å². The monoisotopic (exact) mass is 271 g/mol. The molecule has 0 aromatic carbocycles. The number of morpholine rings is 1. The highest BCUT2D eigenvalue weighted by atomic mass is 16.5. The van der Waals surface area contributed by atoms with Crippen LogP contribution in [0.5, 0.6) is 0 Å². The van der Waals surface area contributed by atoms with Crippen LogP contribution in [0.3, 0.4) is 0 Å². The fourth-order valence-electron chi connectivity index (χ4n) is 2.89. The molecular weight excluding hydrogens is 238 g/mol. The smallest absolute Gasteiger partial charge is 0.0622 e. The number of nitrogens with zero attached hydrogens (tertiary/aromatic N) is 1. The Hall–Kier alpha value is -0.120. The van der Waals surface area contributed by atoms with E-state index in [4.69, 9.17) is 9.84 Å². The third-order valence-corrected chi connectivity index (χ3v) is 4.13. The molecule has 0 spiro atoms. The molecule has 19 heavy (non-hydrogen) atoms. The van der Waals surface area contributed by atoms with Crippen molar-refractivity contribution in [1.82, 2.24) is 4.90 Å². The molecule has 3 heteroatoms. The van der Waals surface area contributed by atoms with Crippen LogP contribution in [0.4, 0.5) is 0 Å². The molecule has 0 radical (unpaired) electrons. The lowest BCUT2D eigenvalue weighted by Gasteiger charge is -2.35. The molecule has 0 aliphatic carbocycles. The number of hydrogen-bond acceptors (Lipinski definition) is 3. The Morgan fingerprint density at radius 2 is 1.74 bits per heavy atom. The quantitative estimate of drug-likeness (QED) is 0.586. The average molecular weight is 271 g/mol. The van der Waals surface area contributed by atoms with Crippen LogP contribution in [0.25, 0.3) is 0 Å². The van der Waals surface area contributed by atoms with E-state index in [2.05, 4.69) is 11.8 Å². The van der Waals surface area contributed by atoms with Gasteiger partial charge in [0.2, 0.25) is 0 Å². The zero-order valence-corrected chi connectivity index (χ0v) is 12.8. The summed E-state index contributed by atoms with van der Waals surface area (Å²) in [5.41, 5.74) is 0. The SMILES string of the molecule is CCCCCCCCCCC1COCCN1CCO. The molecule has 114 valence electrons. The maximum absolute atomic E-state index is 9.07. The molecule has 0 amide bonds. The molecule has 1 unspecified atom stereocenters. The minimum absolute atomic E-state index is 0.272. The molecule has 0 aromatic rings. The first-order valence-corrected chi connectivity index (χ1v) is 8.31. The summed E-state index contributed by atoms with van der Waals surface area (Å²) in [6, 6.07) is 0.543.